The summed E-state index contributed by atoms with van der Waals surface area (Å²) in [4.78, 5) is 19.0. The van der Waals surface area contributed by atoms with Crippen LogP contribution in [0.4, 0.5) is 0 Å². The Morgan fingerprint density at radius 2 is 0.524 bits per heavy atom. The summed E-state index contributed by atoms with van der Waals surface area (Å²) < 4.78 is 0. The molecule has 0 saturated carbocycles. The highest BCUT2D eigenvalue weighted by Gasteiger charge is 1.95. The van der Waals surface area contributed by atoms with Crippen molar-refractivity contribution >= 4 is 11.9 Å². The van der Waals surface area contributed by atoms with E-state index in [1.807, 2.05) is 0 Å². The fraction of sp³-hybridized carbons (Fsp3) is 0.944. The standard InChI is InChI=1S/2C16H35N.C4H6O4/c2*1-2-3-4-5-6-7-8-9-10-11-12-13-14-15-16-17;5-3(6)1-2-4(7)8/h2*2-17H2,1H3;1-2H2,(H,5,6)(H,7,8). The van der Waals surface area contributed by atoms with Crippen molar-refractivity contribution in [1.29, 1.82) is 0 Å². The van der Waals surface area contributed by atoms with Crippen LogP contribution in [0.1, 0.15) is 206 Å². The van der Waals surface area contributed by atoms with E-state index in [1.54, 1.807) is 0 Å². The minimum absolute atomic E-state index is 0.470. The number of carboxylic acid groups (broad SMARTS) is 2. The van der Waals surface area contributed by atoms with Gasteiger partial charge >= 0.3 is 0 Å². The van der Waals surface area contributed by atoms with Gasteiger partial charge in [0.1, 0.15) is 0 Å². The summed E-state index contributed by atoms with van der Waals surface area (Å²) in [6.07, 6.45) is 39.5. The van der Waals surface area contributed by atoms with Gasteiger partial charge in [-0.1, -0.05) is 168 Å². The maximum Gasteiger partial charge on any atom is 0.0739 e. The van der Waals surface area contributed by atoms with E-state index in [4.69, 9.17) is 0 Å². The van der Waals surface area contributed by atoms with E-state index in [-0.39, 0.29) is 0 Å². The predicted molar refractivity (Wildman–Crippen MR) is 175 cm³/mol. The molecule has 6 heteroatoms. The van der Waals surface area contributed by atoms with Crippen molar-refractivity contribution in [1.82, 2.24) is 0 Å². The molecule has 42 heavy (non-hydrogen) atoms. The smallest absolute Gasteiger partial charge is 0.0739 e. The molecule has 0 spiro atoms. The molecule has 0 aromatic heterocycles. The van der Waals surface area contributed by atoms with Gasteiger partial charge in [0.25, 0.3) is 0 Å². The van der Waals surface area contributed by atoms with Gasteiger partial charge in [0.15, 0.2) is 0 Å². The van der Waals surface area contributed by atoms with Gasteiger partial charge in [0.05, 0.1) is 13.1 Å². The summed E-state index contributed by atoms with van der Waals surface area (Å²) >= 11 is 0. The fourth-order valence-corrected chi connectivity index (χ4v) is 4.95. The van der Waals surface area contributed by atoms with E-state index < -0.39 is 24.8 Å². The van der Waals surface area contributed by atoms with Crippen LogP contribution in [-0.4, -0.2) is 25.0 Å². The number of carbonyl (C=O) groups excluding carboxylic acids is 2. The Labute approximate surface area is 262 Å². The molecule has 0 fully saturated rings. The van der Waals surface area contributed by atoms with E-state index >= 15 is 0 Å². The second-order valence-electron chi connectivity index (χ2n) is 12.1. The van der Waals surface area contributed by atoms with Crippen LogP contribution >= 0.6 is 0 Å². The average molecular weight is 601 g/mol. The summed E-state index contributed by atoms with van der Waals surface area (Å²) in [5, 5.41) is 19.0. The topological polar surface area (TPSA) is 136 Å². The molecule has 0 aliphatic carbocycles. The number of aliphatic carboxylic acids is 2. The van der Waals surface area contributed by atoms with E-state index in [0.717, 1.165) is 13.1 Å². The van der Waals surface area contributed by atoms with Crippen LogP contribution in [0.5, 0.6) is 0 Å². The Bertz CT molecular complexity index is 431. The zero-order chi connectivity index (χ0) is 31.8. The zero-order valence-electron chi connectivity index (χ0n) is 28.7. The van der Waals surface area contributed by atoms with Gasteiger partial charge in [-0.2, -0.15) is 0 Å². The van der Waals surface area contributed by atoms with Crippen molar-refractivity contribution in [2.24, 2.45) is 0 Å². The molecule has 6 nitrogen and oxygen atoms in total. The monoisotopic (exact) mass is 601 g/mol. The largest absolute Gasteiger partial charge is 0.550 e. The molecule has 0 aromatic rings. The maximum atomic E-state index is 9.50. The first kappa shape index (κ1) is 45.3. The minimum atomic E-state index is -1.37. The Morgan fingerprint density at radius 3 is 0.667 bits per heavy atom. The van der Waals surface area contributed by atoms with Crippen LogP contribution in [0.3, 0.4) is 0 Å². The highest BCUT2D eigenvalue weighted by atomic mass is 16.4. The Kier molecular flexibility index (Phi) is 47.8. The van der Waals surface area contributed by atoms with Crippen LogP contribution in [0, 0.1) is 0 Å². The Hall–Kier alpha value is -1.14. The third-order valence-electron chi connectivity index (χ3n) is 7.74. The highest BCUT2D eigenvalue weighted by Crippen LogP contribution is 2.14. The quantitative estimate of drug-likeness (QED) is 0.0857. The molecule has 0 aliphatic heterocycles. The first-order valence-electron chi connectivity index (χ1n) is 18.4. The third-order valence-corrected chi connectivity index (χ3v) is 7.74. The number of quaternary nitrogens is 2. The first-order chi connectivity index (χ1) is 20.5. The molecule has 0 radical (unpaired) electrons. The van der Waals surface area contributed by atoms with Gasteiger partial charge in [0, 0.05) is 11.9 Å². The average Bonchev–Trinajstić information content (AvgIpc) is 2.97. The molecule has 6 N–H and O–H groups in total. The lowest BCUT2D eigenvalue weighted by atomic mass is 10.0. The Balaban J connectivity index is -0.000000579. The van der Waals surface area contributed by atoms with Crippen LogP contribution in [0.25, 0.3) is 0 Å². The van der Waals surface area contributed by atoms with Gasteiger partial charge in [-0.15, -0.1) is 0 Å². The number of carboxylic acids is 2. The van der Waals surface area contributed by atoms with Crippen LogP contribution in [-0.2, 0) is 9.59 Å². The second-order valence-corrected chi connectivity index (χ2v) is 12.1. The minimum Gasteiger partial charge on any atom is -0.550 e. The van der Waals surface area contributed by atoms with Gasteiger partial charge < -0.3 is 31.3 Å². The first-order valence-corrected chi connectivity index (χ1v) is 18.4. The highest BCUT2D eigenvalue weighted by molar-refractivity contribution is 5.72. The van der Waals surface area contributed by atoms with Crippen LogP contribution in [0.15, 0.2) is 0 Å². The molecule has 0 amide bonds. The number of unbranched alkanes of at least 4 members (excludes halogenated alkanes) is 26. The van der Waals surface area contributed by atoms with Crippen molar-refractivity contribution in [2.75, 3.05) is 13.1 Å². The molecule has 0 rings (SSSR count). The summed E-state index contributed by atoms with van der Waals surface area (Å²) in [5.41, 5.74) is 7.76. The summed E-state index contributed by atoms with van der Waals surface area (Å²) in [5.74, 6) is -2.73. The zero-order valence-corrected chi connectivity index (χ0v) is 28.7. The fourth-order valence-electron chi connectivity index (χ4n) is 4.95. The lowest BCUT2D eigenvalue weighted by Crippen LogP contribution is -2.50. The number of carbonyl (C=O) groups is 2. The molecule has 0 atom stereocenters. The molecule has 0 aromatic carbocycles. The van der Waals surface area contributed by atoms with Gasteiger partial charge in [-0.05, 0) is 38.5 Å². The number of hydrogen-bond acceptors (Lipinski definition) is 4. The molecule has 0 aliphatic rings. The number of hydrogen-bond donors (Lipinski definition) is 2. The summed E-state index contributed by atoms with van der Waals surface area (Å²) in [6.45, 7) is 6.82. The van der Waals surface area contributed by atoms with Crippen molar-refractivity contribution < 1.29 is 31.3 Å². The molecular formula is C36H76N2O4. The lowest BCUT2D eigenvalue weighted by molar-refractivity contribution is -0.368. The molecule has 0 unspecified atom stereocenters. The van der Waals surface area contributed by atoms with Crippen molar-refractivity contribution in [3.63, 3.8) is 0 Å². The molecule has 254 valence electrons. The summed E-state index contributed by atoms with van der Waals surface area (Å²) in [7, 11) is 0. The molecular weight excluding hydrogens is 524 g/mol. The van der Waals surface area contributed by atoms with Crippen molar-refractivity contribution in [2.45, 2.75) is 206 Å². The lowest BCUT2D eigenvalue weighted by Gasteiger charge is -2.02. The van der Waals surface area contributed by atoms with Gasteiger partial charge in [-0.3, -0.25) is 0 Å². The predicted octanol–water partition coefficient (Wildman–Crippen LogP) is 6.69. The molecule has 0 saturated heterocycles. The Morgan fingerprint density at radius 1 is 0.357 bits per heavy atom. The molecule has 0 bridgehead atoms. The van der Waals surface area contributed by atoms with E-state index in [0.29, 0.717) is 0 Å². The SMILES string of the molecule is CCCCCCCCCCCCCCCC[NH3+].CCCCCCCCCCCCCCCC[NH3+].O=C([O-])CCC(=O)[O-]. The third kappa shape index (κ3) is 54.9. The van der Waals surface area contributed by atoms with E-state index in [2.05, 4.69) is 25.3 Å². The van der Waals surface area contributed by atoms with E-state index in [9.17, 15) is 19.8 Å². The maximum absolute atomic E-state index is 9.50. The second kappa shape index (κ2) is 44.3. The van der Waals surface area contributed by atoms with Gasteiger partial charge in [-0.25, -0.2) is 0 Å². The van der Waals surface area contributed by atoms with E-state index in [1.165, 1.54) is 180 Å². The number of rotatable bonds is 31. The molecule has 0 heterocycles. The van der Waals surface area contributed by atoms with Gasteiger partial charge in [0.2, 0.25) is 0 Å². The van der Waals surface area contributed by atoms with Crippen LogP contribution < -0.4 is 21.7 Å². The summed E-state index contributed by atoms with van der Waals surface area (Å²) in [6, 6.07) is 0. The van der Waals surface area contributed by atoms with Crippen molar-refractivity contribution in [3.8, 4) is 0 Å². The van der Waals surface area contributed by atoms with Crippen LogP contribution in [0.2, 0.25) is 0 Å². The van der Waals surface area contributed by atoms with Crippen molar-refractivity contribution in [3.05, 3.63) is 0 Å². The normalized spacial score (nSPS) is 10.5.